The molecule has 2 heterocycles. The minimum atomic E-state index is 0.352. The third-order valence-corrected chi connectivity index (χ3v) is 3.46. The fraction of sp³-hybridized carbons (Fsp3) is 0.667. The summed E-state index contributed by atoms with van der Waals surface area (Å²) in [4.78, 5) is 6.83. The predicted octanol–water partition coefficient (Wildman–Crippen LogP) is 1.84. The largest absolute Gasteiger partial charge is 0.379 e. The van der Waals surface area contributed by atoms with Gasteiger partial charge in [0.2, 0.25) is 0 Å². The van der Waals surface area contributed by atoms with Crippen molar-refractivity contribution in [2.24, 2.45) is 0 Å². The van der Waals surface area contributed by atoms with Gasteiger partial charge in [-0.25, -0.2) is 0 Å². The third-order valence-electron chi connectivity index (χ3n) is 3.46. The summed E-state index contributed by atoms with van der Waals surface area (Å²) < 4.78 is 11.1. The molecule has 4 heteroatoms. The summed E-state index contributed by atoms with van der Waals surface area (Å²) in [5.74, 6) is 0.352. The molecule has 0 N–H and O–H groups in total. The molecule has 1 fully saturated rings. The number of hydrogen-bond acceptors (Lipinski definition) is 4. The van der Waals surface area contributed by atoms with Gasteiger partial charge in [-0.2, -0.15) is 0 Å². The van der Waals surface area contributed by atoms with Crippen LogP contribution in [0.5, 0.6) is 0 Å². The lowest BCUT2D eigenvalue weighted by atomic mass is 10.1. The van der Waals surface area contributed by atoms with Crippen molar-refractivity contribution in [1.82, 2.24) is 9.88 Å². The molecule has 0 amide bonds. The first-order valence-electron chi connectivity index (χ1n) is 7.06. The first kappa shape index (κ1) is 14.4. The minimum Gasteiger partial charge on any atom is -0.379 e. The van der Waals surface area contributed by atoms with E-state index in [1.54, 1.807) is 0 Å². The Morgan fingerprint density at radius 1 is 1.37 bits per heavy atom. The number of nitrogens with zero attached hydrogens (tertiary/aromatic N) is 2. The predicted molar refractivity (Wildman–Crippen MR) is 75.5 cm³/mol. The average Bonchev–Trinajstić information content (AvgIpc) is 2.45. The van der Waals surface area contributed by atoms with Gasteiger partial charge in [-0.3, -0.25) is 9.88 Å². The zero-order valence-electron chi connectivity index (χ0n) is 12.0. The Morgan fingerprint density at radius 3 is 2.84 bits per heavy atom. The molecule has 1 unspecified atom stereocenters. The van der Waals surface area contributed by atoms with Crippen LogP contribution in [0.4, 0.5) is 0 Å². The maximum absolute atomic E-state index is 5.76. The van der Waals surface area contributed by atoms with E-state index >= 15 is 0 Å². The van der Waals surface area contributed by atoms with Crippen LogP contribution in [0.1, 0.15) is 24.1 Å². The molecule has 1 aromatic rings. The second kappa shape index (κ2) is 7.58. The maximum Gasteiger partial charge on any atom is 0.0594 e. The van der Waals surface area contributed by atoms with Gasteiger partial charge in [0.1, 0.15) is 0 Å². The topological polar surface area (TPSA) is 34.6 Å². The standard InChI is InChI=1S/C15H24N2O2/c1-13-3-4-15(16-11-13)14(2)12-19-10-7-17-5-8-18-9-6-17/h3-4,11,14H,5-10,12H2,1-2H3. The van der Waals surface area contributed by atoms with E-state index in [-0.39, 0.29) is 0 Å². The van der Waals surface area contributed by atoms with Gasteiger partial charge in [0, 0.05) is 37.4 Å². The zero-order valence-corrected chi connectivity index (χ0v) is 12.0. The maximum atomic E-state index is 5.76. The highest BCUT2D eigenvalue weighted by molar-refractivity contribution is 5.14. The highest BCUT2D eigenvalue weighted by Crippen LogP contribution is 2.13. The molecule has 2 rings (SSSR count). The molecule has 1 aliphatic heterocycles. The third kappa shape index (κ3) is 4.90. The molecule has 1 atom stereocenters. The van der Waals surface area contributed by atoms with Gasteiger partial charge >= 0.3 is 0 Å². The Bertz CT molecular complexity index is 361. The number of morpholine rings is 1. The molecule has 0 saturated carbocycles. The van der Waals surface area contributed by atoms with Gasteiger partial charge in [-0.1, -0.05) is 13.0 Å². The van der Waals surface area contributed by atoms with E-state index in [1.165, 1.54) is 5.56 Å². The Labute approximate surface area is 115 Å². The Kier molecular flexibility index (Phi) is 5.76. The van der Waals surface area contributed by atoms with Gasteiger partial charge in [0.05, 0.1) is 26.4 Å². The molecule has 0 spiro atoms. The summed E-state index contributed by atoms with van der Waals surface area (Å²) in [5, 5.41) is 0. The van der Waals surface area contributed by atoms with Crippen LogP contribution >= 0.6 is 0 Å². The number of pyridine rings is 1. The normalized spacial score (nSPS) is 18.4. The molecule has 1 aliphatic rings. The molecule has 19 heavy (non-hydrogen) atoms. The number of rotatable bonds is 6. The molecule has 4 nitrogen and oxygen atoms in total. The summed E-state index contributed by atoms with van der Waals surface area (Å²) in [6.07, 6.45) is 1.92. The first-order chi connectivity index (χ1) is 9.25. The monoisotopic (exact) mass is 264 g/mol. The molecular weight excluding hydrogens is 240 g/mol. The lowest BCUT2D eigenvalue weighted by Gasteiger charge is -2.26. The van der Waals surface area contributed by atoms with Gasteiger partial charge in [-0.15, -0.1) is 0 Å². The second-order valence-corrected chi connectivity index (χ2v) is 5.19. The molecule has 0 radical (unpaired) electrons. The minimum absolute atomic E-state index is 0.352. The van der Waals surface area contributed by atoms with Gasteiger partial charge < -0.3 is 9.47 Å². The first-order valence-corrected chi connectivity index (χ1v) is 7.06. The van der Waals surface area contributed by atoms with Crippen LogP contribution < -0.4 is 0 Å². The van der Waals surface area contributed by atoms with Gasteiger partial charge in [0.25, 0.3) is 0 Å². The highest BCUT2D eigenvalue weighted by Gasteiger charge is 2.10. The van der Waals surface area contributed by atoms with E-state index in [0.717, 1.165) is 51.8 Å². The molecule has 1 saturated heterocycles. The van der Waals surface area contributed by atoms with Crippen molar-refractivity contribution < 1.29 is 9.47 Å². The Morgan fingerprint density at radius 2 is 2.16 bits per heavy atom. The Balaban J connectivity index is 1.63. The summed E-state index contributed by atoms with van der Waals surface area (Å²) in [5.41, 5.74) is 2.31. The highest BCUT2D eigenvalue weighted by atomic mass is 16.5. The summed E-state index contributed by atoms with van der Waals surface area (Å²) in [7, 11) is 0. The van der Waals surface area contributed by atoms with E-state index in [4.69, 9.17) is 9.47 Å². The molecule has 106 valence electrons. The number of ether oxygens (including phenoxy) is 2. The van der Waals surface area contributed by atoms with Gasteiger partial charge in [0.15, 0.2) is 0 Å². The molecule has 0 aliphatic carbocycles. The van der Waals surface area contributed by atoms with Crippen molar-refractivity contribution in [3.63, 3.8) is 0 Å². The summed E-state index contributed by atoms with van der Waals surface area (Å²) >= 11 is 0. The Hall–Kier alpha value is -0.970. The number of hydrogen-bond donors (Lipinski definition) is 0. The molecule has 0 bridgehead atoms. The lowest BCUT2D eigenvalue weighted by Crippen LogP contribution is -2.38. The van der Waals surface area contributed by atoms with E-state index < -0.39 is 0 Å². The van der Waals surface area contributed by atoms with Crippen molar-refractivity contribution in [2.45, 2.75) is 19.8 Å². The van der Waals surface area contributed by atoms with Crippen LogP contribution in [0.25, 0.3) is 0 Å². The molecule has 0 aromatic carbocycles. The van der Waals surface area contributed by atoms with Crippen LogP contribution in [0.2, 0.25) is 0 Å². The fourth-order valence-corrected chi connectivity index (χ4v) is 2.13. The van der Waals surface area contributed by atoms with Crippen LogP contribution in [0.3, 0.4) is 0 Å². The lowest BCUT2D eigenvalue weighted by molar-refractivity contribution is 0.0191. The van der Waals surface area contributed by atoms with Crippen molar-refractivity contribution in [3.05, 3.63) is 29.6 Å². The smallest absolute Gasteiger partial charge is 0.0594 e. The van der Waals surface area contributed by atoms with Crippen molar-refractivity contribution >= 4 is 0 Å². The number of aryl methyl sites for hydroxylation is 1. The van der Waals surface area contributed by atoms with Crippen molar-refractivity contribution in [1.29, 1.82) is 0 Å². The van der Waals surface area contributed by atoms with Crippen molar-refractivity contribution in [3.8, 4) is 0 Å². The molecular formula is C15H24N2O2. The van der Waals surface area contributed by atoms with E-state index in [2.05, 4.69) is 35.9 Å². The van der Waals surface area contributed by atoms with E-state index in [0.29, 0.717) is 5.92 Å². The van der Waals surface area contributed by atoms with Crippen LogP contribution in [-0.2, 0) is 9.47 Å². The van der Waals surface area contributed by atoms with Crippen LogP contribution in [0.15, 0.2) is 18.3 Å². The zero-order chi connectivity index (χ0) is 13.5. The van der Waals surface area contributed by atoms with Crippen molar-refractivity contribution in [2.75, 3.05) is 46.1 Å². The molecule has 1 aromatic heterocycles. The summed E-state index contributed by atoms with van der Waals surface area (Å²) in [6, 6.07) is 4.19. The quantitative estimate of drug-likeness (QED) is 0.734. The van der Waals surface area contributed by atoms with E-state index in [1.807, 2.05) is 6.20 Å². The number of aromatic nitrogens is 1. The van der Waals surface area contributed by atoms with Gasteiger partial charge in [-0.05, 0) is 18.6 Å². The fourth-order valence-electron chi connectivity index (χ4n) is 2.13. The van der Waals surface area contributed by atoms with Crippen LogP contribution in [-0.4, -0.2) is 55.9 Å². The van der Waals surface area contributed by atoms with Crippen LogP contribution in [0, 0.1) is 6.92 Å². The average molecular weight is 264 g/mol. The second-order valence-electron chi connectivity index (χ2n) is 5.19. The summed E-state index contributed by atoms with van der Waals surface area (Å²) in [6.45, 7) is 10.5. The SMILES string of the molecule is Cc1ccc(C(C)COCCN2CCOCC2)nc1. The van der Waals surface area contributed by atoms with E-state index in [9.17, 15) is 0 Å².